The van der Waals surface area contributed by atoms with Gasteiger partial charge in [0, 0.05) is 12.6 Å². The van der Waals surface area contributed by atoms with Crippen LogP contribution < -0.4 is 22.1 Å². The second kappa shape index (κ2) is 10.2. The summed E-state index contributed by atoms with van der Waals surface area (Å²) in [5.41, 5.74) is 5.24. The minimum atomic E-state index is 0.403. The van der Waals surface area contributed by atoms with Gasteiger partial charge in [-0.15, -0.1) is 0 Å². The highest BCUT2D eigenvalue weighted by molar-refractivity contribution is 5.77. The van der Waals surface area contributed by atoms with Gasteiger partial charge < -0.3 is 9.43 Å². The standard InChI is InChI=1S/C16H20N2O.CH4N2O/c1-3-6-13-7-4-9-16(18(2)17)15(13)11-10-14-8-5-12-19-14;2-3-1-4/h4-5,7-12H,3,6,17H2,1-2H3;1H,2H2,(H,3,4)/b11-10+;. The van der Waals surface area contributed by atoms with E-state index in [-0.39, 0.29) is 0 Å². The molecule has 6 nitrogen and oxygen atoms in total. The third kappa shape index (κ3) is 5.98. The molecule has 0 saturated heterocycles. The first-order valence-electron chi connectivity index (χ1n) is 7.35. The number of carbonyl (C=O) groups is 1. The molecule has 0 aliphatic rings. The van der Waals surface area contributed by atoms with Crippen LogP contribution in [0.5, 0.6) is 0 Å². The fourth-order valence-corrected chi connectivity index (χ4v) is 2.14. The van der Waals surface area contributed by atoms with Gasteiger partial charge in [0.05, 0.1) is 12.0 Å². The van der Waals surface area contributed by atoms with E-state index in [1.54, 1.807) is 16.7 Å². The summed E-state index contributed by atoms with van der Waals surface area (Å²) in [5.74, 6) is 11.2. The summed E-state index contributed by atoms with van der Waals surface area (Å²) in [5, 5.41) is 1.65. The highest BCUT2D eigenvalue weighted by atomic mass is 16.3. The lowest BCUT2D eigenvalue weighted by molar-refractivity contribution is -0.109. The molecule has 0 spiro atoms. The maximum atomic E-state index is 8.94. The molecule has 2 aromatic rings. The summed E-state index contributed by atoms with van der Waals surface area (Å²) in [6.07, 6.45) is 8.27. The second-order valence-corrected chi connectivity index (χ2v) is 4.84. The average Bonchev–Trinajstić information content (AvgIpc) is 3.07. The molecule has 1 aromatic heterocycles. The van der Waals surface area contributed by atoms with E-state index in [9.17, 15) is 0 Å². The summed E-state index contributed by atoms with van der Waals surface area (Å²) in [6, 6.07) is 10.0. The lowest BCUT2D eigenvalue weighted by Gasteiger charge is -2.18. The van der Waals surface area contributed by atoms with E-state index in [0.717, 1.165) is 29.9 Å². The molecule has 0 fully saturated rings. The Kier molecular flexibility index (Phi) is 8.20. The van der Waals surface area contributed by atoms with Crippen LogP contribution in [0.15, 0.2) is 41.0 Å². The van der Waals surface area contributed by atoms with Gasteiger partial charge in [0.15, 0.2) is 0 Å². The Labute approximate surface area is 136 Å². The van der Waals surface area contributed by atoms with Crippen molar-refractivity contribution in [3.63, 3.8) is 0 Å². The molecule has 6 heteroatoms. The maximum absolute atomic E-state index is 8.94. The molecule has 1 heterocycles. The third-order valence-corrected chi connectivity index (χ3v) is 3.10. The molecule has 0 saturated carbocycles. The van der Waals surface area contributed by atoms with Crippen LogP contribution in [0.25, 0.3) is 12.2 Å². The van der Waals surface area contributed by atoms with Crippen LogP contribution in [0.3, 0.4) is 0 Å². The Morgan fingerprint density at radius 3 is 2.52 bits per heavy atom. The maximum Gasteiger partial charge on any atom is 0.221 e. The van der Waals surface area contributed by atoms with Crippen molar-refractivity contribution in [1.82, 2.24) is 5.43 Å². The van der Waals surface area contributed by atoms with Crippen LogP contribution in [0.2, 0.25) is 0 Å². The van der Waals surface area contributed by atoms with E-state index in [2.05, 4.69) is 24.9 Å². The molecule has 0 atom stereocenters. The normalized spacial score (nSPS) is 10.1. The number of amides is 1. The van der Waals surface area contributed by atoms with Crippen LogP contribution in [0.4, 0.5) is 5.69 Å². The van der Waals surface area contributed by atoms with Gasteiger partial charge in [-0.2, -0.15) is 0 Å². The molecule has 124 valence electrons. The number of nitrogens with zero attached hydrogens (tertiary/aromatic N) is 1. The highest BCUT2D eigenvalue weighted by Crippen LogP contribution is 2.25. The van der Waals surface area contributed by atoms with Crippen LogP contribution in [-0.2, 0) is 11.2 Å². The summed E-state index contributed by atoms with van der Waals surface area (Å²) in [4.78, 5) is 8.94. The van der Waals surface area contributed by atoms with Crippen molar-refractivity contribution in [3.8, 4) is 0 Å². The van der Waals surface area contributed by atoms with Crippen LogP contribution in [0.1, 0.15) is 30.2 Å². The van der Waals surface area contributed by atoms with E-state index in [1.165, 1.54) is 5.56 Å². The SMILES string of the molecule is CCCc1cccc(N(C)N)c1/C=C/c1ccco1.NNC=O. The van der Waals surface area contributed by atoms with Crippen molar-refractivity contribution in [2.75, 3.05) is 12.1 Å². The minimum absolute atomic E-state index is 0.403. The highest BCUT2D eigenvalue weighted by Gasteiger charge is 2.07. The quantitative estimate of drug-likeness (QED) is 0.329. The number of benzene rings is 1. The predicted molar refractivity (Wildman–Crippen MR) is 94.1 cm³/mol. The molecule has 1 aromatic carbocycles. The van der Waals surface area contributed by atoms with Gasteiger partial charge in [0.1, 0.15) is 5.76 Å². The smallest absolute Gasteiger partial charge is 0.221 e. The van der Waals surface area contributed by atoms with Gasteiger partial charge in [0.2, 0.25) is 6.41 Å². The third-order valence-electron chi connectivity index (χ3n) is 3.10. The predicted octanol–water partition coefficient (Wildman–Crippen LogP) is 2.32. The lowest BCUT2D eigenvalue weighted by atomic mass is 10.0. The van der Waals surface area contributed by atoms with Crippen LogP contribution in [0, 0.1) is 0 Å². The fraction of sp³-hybridized carbons (Fsp3) is 0.235. The second-order valence-electron chi connectivity index (χ2n) is 4.84. The lowest BCUT2D eigenvalue weighted by Crippen LogP contribution is -2.26. The Balaban J connectivity index is 0.000000593. The Bertz CT molecular complexity index is 607. The van der Waals surface area contributed by atoms with E-state index in [1.807, 2.05) is 37.4 Å². The monoisotopic (exact) mass is 316 g/mol. The van der Waals surface area contributed by atoms with Crippen molar-refractivity contribution >= 4 is 24.2 Å². The van der Waals surface area contributed by atoms with Gasteiger partial charge in [-0.1, -0.05) is 25.5 Å². The number of anilines is 1. The van der Waals surface area contributed by atoms with Crippen molar-refractivity contribution in [3.05, 3.63) is 53.5 Å². The van der Waals surface area contributed by atoms with Gasteiger partial charge in [-0.25, -0.2) is 11.7 Å². The van der Waals surface area contributed by atoms with E-state index < -0.39 is 0 Å². The number of furan rings is 1. The van der Waals surface area contributed by atoms with Crippen molar-refractivity contribution in [2.24, 2.45) is 11.7 Å². The molecular weight excluding hydrogens is 292 g/mol. The number of hydrogen-bond acceptors (Lipinski definition) is 5. The molecule has 1 amide bonds. The number of nitrogens with two attached hydrogens (primary N) is 2. The van der Waals surface area contributed by atoms with Crippen molar-refractivity contribution in [2.45, 2.75) is 19.8 Å². The van der Waals surface area contributed by atoms with Crippen molar-refractivity contribution in [1.29, 1.82) is 0 Å². The zero-order valence-electron chi connectivity index (χ0n) is 13.5. The van der Waals surface area contributed by atoms with Gasteiger partial charge in [0.25, 0.3) is 0 Å². The molecule has 0 unspecified atom stereocenters. The summed E-state index contributed by atoms with van der Waals surface area (Å²) in [7, 11) is 1.86. The number of carbonyl (C=O) groups excluding carboxylic acids is 1. The topological polar surface area (TPSA) is 97.5 Å². The average molecular weight is 316 g/mol. The van der Waals surface area contributed by atoms with Crippen LogP contribution >= 0.6 is 0 Å². The molecule has 0 radical (unpaired) electrons. The van der Waals surface area contributed by atoms with Gasteiger partial charge in [-0.05, 0) is 42.3 Å². The number of hydrogen-bond donors (Lipinski definition) is 3. The molecular formula is C17H24N4O2. The minimum Gasteiger partial charge on any atom is -0.465 e. The summed E-state index contributed by atoms with van der Waals surface area (Å²) < 4.78 is 5.32. The Morgan fingerprint density at radius 1 is 1.26 bits per heavy atom. The molecule has 5 N–H and O–H groups in total. The molecule has 23 heavy (non-hydrogen) atoms. The van der Waals surface area contributed by atoms with Crippen LogP contribution in [-0.4, -0.2) is 13.5 Å². The van der Waals surface area contributed by atoms with Crippen molar-refractivity contribution < 1.29 is 9.21 Å². The fourth-order valence-electron chi connectivity index (χ4n) is 2.14. The van der Waals surface area contributed by atoms with E-state index in [4.69, 9.17) is 15.1 Å². The number of rotatable bonds is 6. The number of nitrogens with one attached hydrogen (secondary N) is 1. The molecule has 0 bridgehead atoms. The Morgan fingerprint density at radius 2 is 2.00 bits per heavy atom. The first-order chi connectivity index (χ1) is 11.1. The zero-order valence-corrected chi connectivity index (χ0v) is 13.5. The first-order valence-corrected chi connectivity index (χ1v) is 7.35. The first kappa shape index (κ1) is 18.5. The van der Waals surface area contributed by atoms with E-state index >= 15 is 0 Å². The molecule has 2 rings (SSSR count). The van der Waals surface area contributed by atoms with E-state index in [0.29, 0.717) is 6.41 Å². The largest absolute Gasteiger partial charge is 0.465 e. The summed E-state index contributed by atoms with van der Waals surface area (Å²) >= 11 is 0. The number of hydrazine groups is 2. The Hall–Kier alpha value is -2.57. The summed E-state index contributed by atoms with van der Waals surface area (Å²) in [6.45, 7) is 2.18. The number of aryl methyl sites for hydroxylation is 1. The molecule has 0 aliphatic carbocycles. The van der Waals surface area contributed by atoms with Gasteiger partial charge in [-0.3, -0.25) is 10.2 Å². The molecule has 0 aliphatic heterocycles. The van der Waals surface area contributed by atoms with Gasteiger partial charge >= 0.3 is 0 Å². The zero-order chi connectivity index (χ0) is 17.1.